The predicted molar refractivity (Wildman–Crippen MR) is 142 cm³/mol. The number of anilines is 1. The van der Waals surface area contributed by atoms with Crippen molar-refractivity contribution in [2.45, 2.75) is 31.3 Å². The first-order chi connectivity index (χ1) is 18.8. The van der Waals surface area contributed by atoms with E-state index < -0.39 is 39.6 Å². The van der Waals surface area contributed by atoms with Crippen LogP contribution in [0.2, 0.25) is 0 Å². The number of carbonyl (C=O) groups is 3. The number of amides is 2. The molecule has 0 saturated carbocycles. The van der Waals surface area contributed by atoms with E-state index in [1.807, 2.05) is 17.0 Å². The average molecular weight is 637 g/mol. The van der Waals surface area contributed by atoms with Gasteiger partial charge < -0.3 is 30.7 Å². The van der Waals surface area contributed by atoms with Gasteiger partial charge in [-0.3, -0.25) is 19.0 Å². The summed E-state index contributed by atoms with van der Waals surface area (Å²) in [5.74, 6) is -2.02. The first kappa shape index (κ1) is 31.4. The van der Waals surface area contributed by atoms with Crippen LogP contribution in [0.4, 0.5) is 5.13 Å². The van der Waals surface area contributed by atoms with Gasteiger partial charge in [0.1, 0.15) is 29.9 Å². The van der Waals surface area contributed by atoms with Gasteiger partial charge in [0.15, 0.2) is 23.1 Å². The number of oxime groups is 1. The number of thioether (sulfide) groups is 1. The van der Waals surface area contributed by atoms with Crippen LogP contribution in [0.1, 0.15) is 16.3 Å². The monoisotopic (exact) mass is 636 g/mol. The van der Waals surface area contributed by atoms with E-state index in [1.54, 1.807) is 5.38 Å². The summed E-state index contributed by atoms with van der Waals surface area (Å²) in [7, 11) is -3.64. The number of hydrogen-bond acceptors (Lipinski definition) is 14. The number of carboxylic acid groups (broad SMARTS) is 1. The highest BCUT2D eigenvalue weighted by molar-refractivity contribution is 8.00. The molecule has 4 heterocycles. The number of hydrogen-bond donors (Lipinski definition) is 5. The quantitative estimate of drug-likeness (QED) is 0.0537. The lowest BCUT2D eigenvalue weighted by molar-refractivity contribution is -0.690. The highest BCUT2D eigenvalue weighted by Crippen LogP contribution is 2.40. The van der Waals surface area contributed by atoms with Crippen LogP contribution in [0.5, 0.6) is 0 Å². The maximum absolute atomic E-state index is 13.0. The number of nitrogens with two attached hydrogens (primary N) is 1. The van der Waals surface area contributed by atoms with Crippen molar-refractivity contribution >= 4 is 73.5 Å². The molecular formula is C20H24N6O10S4. The number of carboxylic acids is 1. The minimum atomic E-state index is -4.92. The summed E-state index contributed by atoms with van der Waals surface area (Å²) in [6, 6.07) is -0.923. The van der Waals surface area contributed by atoms with Gasteiger partial charge in [-0.05, 0) is 0 Å². The maximum Gasteiger partial charge on any atom is 0.352 e. The molecule has 0 aliphatic carbocycles. The molecular weight excluding hydrogens is 613 g/mol. The average Bonchev–Trinajstić information content (AvgIpc) is 3.45. The molecule has 20 heteroatoms. The molecule has 0 bridgehead atoms. The molecule has 0 spiro atoms. The van der Waals surface area contributed by atoms with E-state index in [2.05, 4.69) is 15.5 Å². The van der Waals surface area contributed by atoms with E-state index in [4.69, 9.17) is 28.1 Å². The van der Waals surface area contributed by atoms with Crippen LogP contribution in [0.15, 0.2) is 27.3 Å². The number of carbonyl (C=O) groups excluding carboxylic acids is 2. The van der Waals surface area contributed by atoms with Gasteiger partial charge in [0, 0.05) is 36.7 Å². The molecule has 6 N–H and O–H groups in total. The van der Waals surface area contributed by atoms with E-state index in [1.165, 1.54) is 35.1 Å². The van der Waals surface area contributed by atoms with Crippen molar-refractivity contribution in [1.82, 2.24) is 15.2 Å². The van der Waals surface area contributed by atoms with Gasteiger partial charge in [-0.25, -0.2) is 18.2 Å². The maximum atomic E-state index is 13.0. The minimum absolute atomic E-state index is 0.0318. The Bertz CT molecular complexity index is 1460. The minimum Gasteiger partial charge on any atom is -0.726 e. The second-order valence-corrected chi connectivity index (χ2v) is 11.9. The number of rotatable bonds is 9. The first-order valence-electron chi connectivity index (χ1n) is 11.1. The van der Waals surface area contributed by atoms with Crippen LogP contribution in [-0.2, 0) is 42.6 Å². The molecule has 2 aliphatic rings. The lowest BCUT2D eigenvalue weighted by Crippen LogP contribution is -2.71. The number of aliphatic hydroxyl groups is 1. The summed E-state index contributed by atoms with van der Waals surface area (Å²) in [5, 5.41) is 26.7. The topological polar surface area (TPSA) is 249 Å². The van der Waals surface area contributed by atoms with Crippen molar-refractivity contribution < 1.29 is 51.5 Å². The molecule has 2 aliphatic heterocycles. The van der Waals surface area contributed by atoms with Crippen molar-refractivity contribution in [1.29, 1.82) is 0 Å². The van der Waals surface area contributed by atoms with Crippen molar-refractivity contribution in [3.8, 4) is 0 Å². The second-order valence-electron chi connectivity index (χ2n) is 8.07. The first-order valence-corrected chi connectivity index (χ1v) is 15.2. The fraction of sp³-hybridized carbons (Fsp3) is 0.400. The summed E-state index contributed by atoms with van der Waals surface area (Å²) in [5.41, 5.74) is 9.08. The van der Waals surface area contributed by atoms with Crippen molar-refractivity contribution in [3.05, 3.63) is 38.4 Å². The van der Waals surface area contributed by atoms with Crippen LogP contribution in [-0.4, -0.2) is 92.0 Å². The number of aliphatic hydroxyl groups excluding tert-OH is 1. The Balaban J connectivity index is 0.000000810. The summed E-state index contributed by atoms with van der Waals surface area (Å²) in [6.07, 6.45) is 0.527. The molecule has 2 amide bonds. The number of nitrogens with one attached hydrogen (secondary N) is 1. The molecule has 2 aromatic rings. The third-order valence-electron chi connectivity index (χ3n) is 5.56. The van der Waals surface area contributed by atoms with Crippen molar-refractivity contribution in [2.24, 2.45) is 5.16 Å². The molecule has 0 unspecified atom stereocenters. The van der Waals surface area contributed by atoms with E-state index >= 15 is 0 Å². The lowest BCUT2D eigenvalue weighted by Gasteiger charge is -2.49. The Morgan fingerprint density at radius 3 is 2.62 bits per heavy atom. The molecule has 4 rings (SSSR count). The van der Waals surface area contributed by atoms with E-state index in [0.717, 1.165) is 21.9 Å². The Morgan fingerprint density at radius 2 is 2.08 bits per heavy atom. The van der Waals surface area contributed by atoms with Gasteiger partial charge in [-0.2, -0.15) is 4.57 Å². The Kier molecular flexibility index (Phi) is 10.2. The fourth-order valence-corrected chi connectivity index (χ4v) is 6.73. The molecule has 1 fully saturated rings. The smallest absolute Gasteiger partial charge is 0.352 e. The van der Waals surface area contributed by atoms with Gasteiger partial charge in [0.25, 0.3) is 11.8 Å². The molecule has 0 aromatic carbocycles. The summed E-state index contributed by atoms with van der Waals surface area (Å²) < 4.78 is 34.8. The summed E-state index contributed by atoms with van der Waals surface area (Å²) >= 11 is 4.00. The third kappa shape index (κ3) is 7.33. The Hall–Kier alpha value is -3.14. The zero-order valence-corrected chi connectivity index (χ0v) is 24.1. The number of β-lactam (4-membered cyclic amide) rings is 1. The largest absolute Gasteiger partial charge is 0.726 e. The summed E-state index contributed by atoms with van der Waals surface area (Å²) in [6.45, 7) is 2.26. The van der Waals surface area contributed by atoms with Gasteiger partial charge in [0.2, 0.25) is 15.9 Å². The van der Waals surface area contributed by atoms with Crippen LogP contribution in [0.25, 0.3) is 0 Å². The zero-order valence-electron chi connectivity index (χ0n) is 20.8. The fourth-order valence-electron chi connectivity index (χ4n) is 3.86. The number of aliphatic carboxylic acids is 1. The number of aromatic nitrogens is 2. The third-order valence-corrected chi connectivity index (χ3v) is 8.71. The van der Waals surface area contributed by atoms with Gasteiger partial charge in [-0.15, -0.1) is 23.1 Å². The van der Waals surface area contributed by atoms with Gasteiger partial charge >= 0.3 is 5.97 Å². The van der Waals surface area contributed by atoms with E-state index in [9.17, 15) is 24.6 Å². The zero-order chi connectivity index (χ0) is 29.8. The summed E-state index contributed by atoms with van der Waals surface area (Å²) in [4.78, 5) is 49.0. The van der Waals surface area contributed by atoms with Gasteiger partial charge in [-0.1, -0.05) is 16.5 Å². The Morgan fingerprint density at radius 1 is 1.40 bits per heavy atom. The van der Waals surface area contributed by atoms with Crippen molar-refractivity contribution in [2.75, 3.05) is 25.2 Å². The normalized spacial score (nSPS) is 18.9. The van der Waals surface area contributed by atoms with Crippen LogP contribution in [0.3, 0.4) is 0 Å². The van der Waals surface area contributed by atoms with Crippen LogP contribution >= 0.6 is 34.4 Å². The molecule has 218 valence electrons. The Labute approximate surface area is 239 Å². The lowest BCUT2D eigenvalue weighted by atomic mass is 10.0. The van der Waals surface area contributed by atoms with Crippen molar-refractivity contribution in [3.63, 3.8) is 0 Å². The molecule has 16 nitrogen and oxygen atoms in total. The number of nitrogen functional groups attached to an aromatic ring is 1. The SMILES string of the molecule is CON=C(C(=O)N[C@@H]1C(=O)N2C(C(=O)O)=C(C[n+]3csc(CCO)c3C)CS[C@H]12)c1csc(N)n1.O=S(=O)([O-])O. The number of fused-ring (bicyclic) bond motifs is 1. The standard InChI is InChI=1S/C20H22N6O6S3.H2O4S/c1-9-12(3-4-27)35-8-25(9)5-10-6-33-18-14(17(29)26(18)15(10)19(30)31)23-16(28)13(24-32-2)11-7-34-20(21)22-11;1-5(2,3)4/h7-8,14,18,27H,3-6H2,1-2H3,(H3-,21,22,23,28,30,31);(H2,1,2,3,4)/t14-,18-;/m1./s1. The molecule has 0 radical (unpaired) electrons. The molecule has 40 heavy (non-hydrogen) atoms. The van der Waals surface area contributed by atoms with E-state index in [-0.39, 0.29) is 28.8 Å². The number of thiazole rings is 2. The molecule has 1 saturated heterocycles. The highest BCUT2D eigenvalue weighted by atomic mass is 32.3. The number of nitrogens with zero attached hydrogens (tertiary/aromatic N) is 4. The molecule has 2 aromatic heterocycles. The van der Waals surface area contributed by atoms with Crippen LogP contribution < -0.4 is 15.6 Å². The second kappa shape index (κ2) is 13.0. The predicted octanol–water partition coefficient (Wildman–Crippen LogP) is -1.29. The van der Waals surface area contributed by atoms with Gasteiger partial charge in [0.05, 0.1) is 4.88 Å². The highest BCUT2D eigenvalue weighted by Gasteiger charge is 2.55. The van der Waals surface area contributed by atoms with E-state index in [0.29, 0.717) is 24.3 Å². The molecule has 2 atom stereocenters. The van der Waals surface area contributed by atoms with Crippen LogP contribution in [0, 0.1) is 6.92 Å².